The second-order valence-electron chi connectivity index (χ2n) is 14.1. The summed E-state index contributed by atoms with van der Waals surface area (Å²) in [6.45, 7) is 11.2. The molecule has 0 saturated carbocycles. The highest BCUT2D eigenvalue weighted by Crippen LogP contribution is 2.45. The molecule has 0 aromatic rings. The van der Waals surface area contributed by atoms with Gasteiger partial charge in [0.25, 0.3) is 16.9 Å². The van der Waals surface area contributed by atoms with Crippen LogP contribution in [0.3, 0.4) is 0 Å². The van der Waals surface area contributed by atoms with Gasteiger partial charge in [-0.25, -0.2) is 0 Å². The Balaban J connectivity index is 3.01. The fraction of sp³-hybridized carbons (Fsp3) is 0.905. The Morgan fingerprint density at radius 1 is 0.885 bits per heavy atom. The third-order valence-corrected chi connectivity index (χ3v) is 110. The van der Waals surface area contributed by atoms with E-state index < -0.39 is 119 Å². The maximum absolute atomic E-state index is 12.8. The molecule has 0 aromatic carbocycles. The third kappa shape index (κ3) is 11.2. The lowest BCUT2D eigenvalue weighted by molar-refractivity contribution is -0.163. The van der Waals surface area contributed by atoms with E-state index in [2.05, 4.69) is 6.58 Å². The fourth-order valence-electron chi connectivity index (χ4n) is 6.32. The van der Waals surface area contributed by atoms with Gasteiger partial charge in [-0.3, -0.25) is 9.83 Å². The molecule has 0 amide bonds. The van der Waals surface area contributed by atoms with Gasteiger partial charge in [0.05, 0.1) is 38.0 Å². The average molecular weight is 956 g/mol. The van der Waals surface area contributed by atoms with Crippen LogP contribution >= 0.6 is 0 Å². The van der Waals surface area contributed by atoms with Crippen LogP contribution in [0, 0.1) is 0 Å². The van der Waals surface area contributed by atoms with Crippen molar-refractivity contribution < 1.29 is 87.3 Å². The molecule has 0 aromatic heterocycles. The molecule has 0 radical (unpaired) electrons. The lowest BCUT2D eigenvalue weighted by Crippen LogP contribution is -2.96. The van der Waals surface area contributed by atoms with Crippen LogP contribution in [-0.2, 0) is 52.6 Å². The van der Waals surface area contributed by atoms with Crippen LogP contribution in [0.4, 0.5) is 0 Å². The fourth-order valence-corrected chi connectivity index (χ4v) is 148. The van der Waals surface area contributed by atoms with Gasteiger partial charge in [0.15, 0.2) is 9.28 Å². The Bertz CT molecular complexity index is 1100. The molecule has 2 heterocycles. The van der Waals surface area contributed by atoms with E-state index in [0.29, 0.717) is 26.2 Å². The van der Waals surface area contributed by atoms with Crippen molar-refractivity contribution in [3.05, 3.63) is 12.3 Å². The smallest absolute Gasteiger partial charge is 0.374 e. The molecule has 7 atom stereocenters. The second-order valence-corrected chi connectivity index (χ2v) is 77.8. The van der Waals surface area contributed by atoms with Crippen LogP contribution in [0.2, 0.25) is 45.3 Å². The molecule has 2 aliphatic heterocycles. The molecule has 52 heavy (non-hydrogen) atoms. The van der Waals surface area contributed by atoms with Gasteiger partial charge in [0.2, 0.25) is 33.3 Å². The molecule has 0 aliphatic carbocycles. The molecular formula is C21H62O19Si12. The molecule has 2 fully saturated rings. The van der Waals surface area contributed by atoms with Crippen molar-refractivity contribution in [1.29, 1.82) is 0 Å². The number of rotatable bonds is 30. The number of aliphatic hydroxyl groups is 2. The van der Waals surface area contributed by atoms with Crippen molar-refractivity contribution >= 4 is 101 Å². The first-order chi connectivity index (χ1) is 24.3. The highest BCUT2D eigenvalue weighted by molar-refractivity contribution is 7.90. The van der Waals surface area contributed by atoms with Gasteiger partial charge in [0.1, 0.15) is 6.10 Å². The van der Waals surface area contributed by atoms with E-state index in [4.69, 9.17) is 52.6 Å². The van der Waals surface area contributed by atoms with E-state index in [1.807, 2.05) is 0 Å². The van der Waals surface area contributed by atoms with E-state index in [1.165, 1.54) is 27.0 Å². The Hall–Kier alpha value is 1.58. The first kappa shape index (κ1) is 49.7. The molecule has 31 heteroatoms. The number of ether oxygens (including phenoxy) is 3. The van der Waals surface area contributed by atoms with Crippen LogP contribution in [0.15, 0.2) is 12.3 Å². The number of hydrogen-bond donors (Lipinski definition) is 7. The predicted octanol–water partition coefficient (Wildman–Crippen LogP) is -4.98. The quantitative estimate of drug-likeness (QED) is 0.0117. The van der Waals surface area contributed by atoms with E-state index in [1.54, 1.807) is 39.3 Å². The van der Waals surface area contributed by atoms with E-state index in [9.17, 15) is 34.7 Å². The standard InChI is InChI=1S/C21H62O19Si12/c1-11-47(9,38-49(18-22,19-23)14-12-13-32-15-20-16-33-20)39-51(46(7,8)37-45(5,6)35-24,40-50(31-4,42-26)44(29-2)30-3)52(43-27,36-41-25)48(10,28)21-17-34-21/h11,20-28,44H,1,12-19,41-43H2,2-10H3. The van der Waals surface area contributed by atoms with E-state index in [-0.39, 0.29) is 18.8 Å². The van der Waals surface area contributed by atoms with Crippen molar-refractivity contribution in [3.8, 4) is 0 Å². The topological polar surface area (TPSA) is 259 Å². The third-order valence-electron chi connectivity index (χ3n) is 9.37. The summed E-state index contributed by atoms with van der Waals surface area (Å²) in [5.41, 5.74) is 0.765. The molecule has 2 saturated heterocycles. The summed E-state index contributed by atoms with van der Waals surface area (Å²) >= 11 is 0. The second kappa shape index (κ2) is 20.5. The Morgan fingerprint density at radius 3 is 1.88 bits per heavy atom. The zero-order valence-electron chi connectivity index (χ0n) is 31.8. The Kier molecular flexibility index (Phi) is 19.6. The molecule has 308 valence electrons. The van der Waals surface area contributed by atoms with Crippen LogP contribution in [-0.4, -0.2) is 207 Å². The molecule has 7 N–H and O–H groups in total. The monoisotopic (exact) mass is 954 g/mol. The van der Waals surface area contributed by atoms with Gasteiger partial charge in [-0.05, 0) is 51.7 Å². The number of hydrogen-bond acceptors (Lipinski definition) is 19. The summed E-state index contributed by atoms with van der Waals surface area (Å²) in [5.74, 6) is 0. The summed E-state index contributed by atoms with van der Waals surface area (Å²) in [5, 5.41) is 31.7. The van der Waals surface area contributed by atoms with Crippen molar-refractivity contribution in [2.75, 3.05) is 60.2 Å². The van der Waals surface area contributed by atoms with Gasteiger partial charge < -0.3 is 77.5 Å². The zero-order valence-corrected chi connectivity index (χ0v) is 45.2. The van der Waals surface area contributed by atoms with Crippen LogP contribution < -0.4 is 0 Å². The summed E-state index contributed by atoms with van der Waals surface area (Å²) in [6, 6.07) is 0.277. The van der Waals surface area contributed by atoms with Gasteiger partial charge in [0, 0.05) is 27.9 Å². The summed E-state index contributed by atoms with van der Waals surface area (Å²) < 4.78 is 74.3. The predicted molar refractivity (Wildman–Crippen MR) is 217 cm³/mol. The molecular weight excluding hydrogens is 893 g/mol. The molecule has 19 nitrogen and oxygen atoms in total. The molecule has 0 spiro atoms. The van der Waals surface area contributed by atoms with Gasteiger partial charge in [-0.15, -0.1) is 6.58 Å². The van der Waals surface area contributed by atoms with Crippen molar-refractivity contribution in [2.24, 2.45) is 0 Å². The first-order valence-electron chi connectivity index (χ1n) is 16.9. The minimum atomic E-state index is -4.74. The maximum Gasteiger partial charge on any atom is 0.374 e. The average Bonchev–Trinajstić information content (AvgIpc) is 4.04. The maximum atomic E-state index is 12.8. The van der Waals surface area contributed by atoms with Crippen LogP contribution in [0.25, 0.3) is 0 Å². The van der Waals surface area contributed by atoms with Crippen molar-refractivity contribution in [2.45, 2.75) is 63.6 Å². The lowest BCUT2D eigenvalue weighted by Gasteiger charge is -2.59. The highest BCUT2D eigenvalue weighted by atomic mass is 30.1. The minimum absolute atomic E-state index is 0.0741. The van der Waals surface area contributed by atoms with Crippen LogP contribution in [0.5, 0.6) is 0 Å². The van der Waals surface area contributed by atoms with Crippen molar-refractivity contribution in [3.63, 3.8) is 0 Å². The molecule has 0 bridgehead atoms. The highest BCUT2D eigenvalue weighted by Gasteiger charge is 2.84. The molecule has 2 aliphatic rings. The number of epoxide rings is 2. The Morgan fingerprint density at radius 2 is 1.48 bits per heavy atom. The normalized spacial score (nSPS) is 24.7. The molecule has 2 rings (SSSR count). The largest absolute Gasteiger partial charge is 0.439 e. The first-order valence-corrected chi connectivity index (χ1v) is 48.5. The SMILES string of the molecule is C=C[Si](C)(O[Si](CO)(CO)CCCOCC1CO1)O[Si](O[Si](OC)([SiH2]O)[SiH](OC)OC)([Si](C)(C)O[Si](C)(C)OO)[Si](O[SiH2]O)([SiH2]O)[Si](C)(O)C1CO1. The summed E-state index contributed by atoms with van der Waals surface area (Å²) in [7, 11) is -33.7. The van der Waals surface area contributed by atoms with Gasteiger partial charge in [-0.2, -0.15) is 0 Å². The Labute approximate surface area is 322 Å². The lowest BCUT2D eigenvalue weighted by atomic mass is 10.5. The van der Waals surface area contributed by atoms with E-state index >= 15 is 0 Å². The minimum Gasteiger partial charge on any atom is -0.439 e. The summed E-state index contributed by atoms with van der Waals surface area (Å²) in [6.07, 6.45) is -0.444. The van der Waals surface area contributed by atoms with Gasteiger partial charge in [-0.1, -0.05) is 5.70 Å². The number of aliphatic hydroxyl groups excluding tert-OH is 2. The van der Waals surface area contributed by atoms with Gasteiger partial charge >= 0.3 is 41.1 Å². The summed E-state index contributed by atoms with van der Waals surface area (Å²) in [4.78, 5) is 46.7. The van der Waals surface area contributed by atoms with Crippen molar-refractivity contribution in [1.82, 2.24) is 0 Å². The van der Waals surface area contributed by atoms with Crippen LogP contribution in [0.1, 0.15) is 6.42 Å². The molecule has 7 unspecified atom stereocenters. The zero-order chi connectivity index (χ0) is 39.7. The van der Waals surface area contributed by atoms with E-state index in [0.717, 1.165) is 0 Å².